The van der Waals surface area contributed by atoms with Crippen molar-refractivity contribution in [2.75, 3.05) is 0 Å². The molecule has 1 unspecified atom stereocenters. The summed E-state index contributed by atoms with van der Waals surface area (Å²) in [4.78, 5) is 11.7. The summed E-state index contributed by atoms with van der Waals surface area (Å²) in [6.45, 7) is 11.8. The fraction of sp³-hybridized carbons (Fsp3) is 0.562. The van der Waals surface area contributed by atoms with E-state index in [1.807, 2.05) is 27.7 Å². The average molecular weight is 263 g/mol. The number of carbonyl (C=O) groups is 1. The second kappa shape index (κ2) is 6.09. The SMILES string of the molecule is CC(C)c1ccc(C(C)NC(=O)OC(C)(C)C)cc1. The first-order chi connectivity index (χ1) is 8.69. The average Bonchev–Trinajstić information content (AvgIpc) is 2.26. The van der Waals surface area contributed by atoms with Crippen molar-refractivity contribution in [2.24, 2.45) is 0 Å². The molecule has 3 nitrogen and oxygen atoms in total. The Morgan fingerprint density at radius 2 is 1.53 bits per heavy atom. The van der Waals surface area contributed by atoms with E-state index >= 15 is 0 Å². The fourth-order valence-electron chi connectivity index (χ4n) is 1.74. The smallest absolute Gasteiger partial charge is 0.408 e. The van der Waals surface area contributed by atoms with Crippen LogP contribution in [0.4, 0.5) is 4.79 Å². The maximum absolute atomic E-state index is 11.7. The lowest BCUT2D eigenvalue weighted by atomic mass is 10.00. The van der Waals surface area contributed by atoms with Crippen LogP contribution in [0, 0.1) is 0 Å². The molecule has 0 radical (unpaired) electrons. The number of ether oxygens (including phenoxy) is 1. The zero-order valence-electron chi connectivity index (χ0n) is 12.8. The van der Waals surface area contributed by atoms with Crippen LogP contribution in [-0.4, -0.2) is 11.7 Å². The number of alkyl carbamates (subject to hydrolysis) is 1. The minimum atomic E-state index is -0.467. The van der Waals surface area contributed by atoms with Crippen LogP contribution in [0.3, 0.4) is 0 Å². The molecular formula is C16H25NO2. The van der Waals surface area contributed by atoms with Crippen molar-refractivity contribution in [1.82, 2.24) is 5.32 Å². The van der Waals surface area contributed by atoms with Crippen molar-refractivity contribution in [3.63, 3.8) is 0 Å². The zero-order valence-corrected chi connectivity index (χ0v) is 12.8. The van der Waals surface area contributed by atoms with Crippen LogP contribution in [0.15, 0.2) is 24.3 Å². The van der Waals surface area contributed by atoms with Crippen LogP contribution in [0.25, 0.3) is 0 Å². The minimum absolute atomic E-state index is 0.0592. The van der Waals surface area contributed by atoms with Gasteiger partial charge in [0.25, 0.3) is 0 Å². The summed E-state index contributed by atoms with van der Waals surface area (Å²) >= 11 is 0. The van der Waals surface area contributed by atoms with Gasteiger partial charge in [-0.3, -0.25) is 0 Å². The van der Waals surface area contributed by atoms with Crippen LogP contribution < -0.4 is 5.32 Å². The number of amides is 1. The molecule has 0 aliphatic heterocycles. The highest BCUT2D eigenvalue weighted by atomic mass is 16.6. The van der Waals surface area contributed by atoms with Crippen LogP contribution >= 0.6 is 0 Å². The van der Waals surface area contributed by atoms with E-state index in [2.05, 4.69) is 43.4 Å². The highest BCUT2D eigenvalue weighted by Crippen LogP contribution is 2.19. The van der Waals surface area contributed by atoms with Gasteiger partial charge in [-0.1, -0.05) is 38.1 Å². The number of hydrogen-bond acceptors (Lipinski definition) is 2. The van der Waals surface area contributed by atoms with Crippen molar-refractivity contribution in [3.8, 4) is 0 Å². The largest absolute Gasteiger partial charge is 0.444 e. The topological polar surface area (TPSA) is 38.3 Å². The van der Waals surface area contributed by atoms with Gasteiger partial charge in [0, 0.05) is 0 Å². The number of benzene rings is 1. The number of carbonyl (C=O) groups excluding carboxylic acids is 1. The zero-order chi connectivity index (χ0) is 14.6. The Bertz CT molecular complexity index is 415. The predicted octanol–water partition coefficient (Wildman–Crippen LogP) is 4.40. The Morgan fingerprint density at radius 1 is 1.05 bits per heavy atom. The Morgan fingerprint density at radius 3 is 1.95 bits per heavy atom. The van der Waals surface area contributed by atoms with Crippen molar-refractivity contribution in [1.29, 1.82) is 0 Å². The van der Waals surface area contributed by atoms with Gasteiger partial charge in [0.15, 0.2) is 0 Å². The summed E-state index contributed by atoms with van der Waals surface area (Å²) in [6, 6.07) is 8.26. The molecule has 1 aromatic carbocycles. The molecule has 0 heterocycles. The third-order valence-electron chi connectivity index (χ3n) is 2.84. The molecule has 1 aromatic rings. The van der Waals surface area contributed by atoms with Gasteiger partial charge in [0.2, 0.25) is 0 Å². The first-order valence-corrected chi connectivity index (χ1v) is 6.78. The van der Waals surface area contributed by atoms with Crippen LogP contribution in [0.1, 0.15) is 64.6 Å². The molecular weight excluding hydrogens is 238 g/mol. The second-order valence-corrected chi connectivity index (χ2v) is 6.19. The molecule has 1 atom stereocenters. The van der Waals surface area contributed by atoms with Gasteiger partial charge < -0.3 is 10.1 Å². The fourth-order valence-corrected chi connectivity index (χ4v) is 1.74. The van der Waals surface area contributed by atoms with Gasteiger partial charge in [0.1, 0.15) is 5.60 Å². The first-order valence-electron chi connectivity index (χ1n) is 6.78. The summed E-state index contributed by atoms with van der Waals surface area (Å²) < 4.78 is 5.24. The van der Waals surface area contributed by atoms with E-state index in [1.54, 1.807) is 0 Å². The second-order valence-electron chi connectivity index (χ2n) is 6.19. The van der Waals surface area contributed by atoms with Gasteiger partial charge in [-0.05, 0) is 44.7 Å². The highest BCUT2D eigenvalue weighted by molar-refractivity contribution is 5.68. The van der Waals surface area contributed by atoms with E-state index in [0.717, 1.165) is 5.56 Å². The first kappa shape index (κ1) is 15.5. The van der Waals surface area contributed by atoms with Crippen molar-refractivity contribution < 1.29 is 9.53 Å². The summed E-state index contributed by atoms with van der Waals surface area (Å²) in [6.07, 6.45) is -0.382. The normalized spacial score (nSPS) is 13.2. The van der Waals surface area contributed by atoms with Crippen LogP contribution in [0.5, 0.6) is 0 Å². The van der Waals surface area contributed by atoms with Crippen LogP contribution in [-0.2, 0) is 4.74 Å². The number of rotatable bonds is 3. The molecule has 0 aliphatic rings. The van der Waals surface area contributed by atoms with E-state index in [4.69, 9.17) is 4.74 Å². The van der Waals surface area contributed by atoms with E-state index in [0.29, 0.717) is 5.92 Å². The highest BCUT2D eigenvalue weighted by Gasteiger charge is 2.18. The van der Waals surface area contributed by atoms with E-state index < -0.39 is 5.60 Å². The number of nitrogens with one attached hydrogen (secondary N) is 1. The molecule has 0 saturated carbocycles. The van der Waals surface area contributed by atoms with Gasteiger partial charge in [-0.25, -0.2) is 4.79 Å². The summed E-state index contributed by atoms with van der Waals surface area (Å²) in [5.41, 5.74) is 1.91. The quantitative estimate of drug-likeness (QED) is 0.878. The summed E-state index contributed by atoms with van der Waals surface area (Å²) in [7, 11) is 0. The third kappa shape index (κ3) is 5.33. The molecule has 0 spiro atoms. The van der Waals surface area contributed by atoms with E-state index in [-0.39, 0.29) is 12.1 Å². The summed E-state index contributed by atoms with van der Waals surface area (Å²) in [5, 5.41) is 2.84. The lowest BCUT2D eigenvalue weighted by Gasteiger charge is -2.22. The third-order valence-corrected chi connectivity index (χ3v) is 2.84. The van der Waals surface area contributed by atoms with Gasteiger partial charge in [-0.2, -0.15) is 0 Å². The molecule has 1 N–H and O–H groups in total. The van der Waals surface area contributed by atoms with Crippen LogP contribution in [0.2, 0.25) is 0 Å². The lowest BCUT2D eigenvalue weighted by Crippen LogP contribution is -2.34. The monoisotopic (exact) mass is 263 g/mol. The maximum atomic E-state index is 11.7. The van der Waals surface area contributed by atoms with Gasteiger partial charge in [-0.15, -0.1) is 0 Å². The number of hydrogen-bond donors (Lipinski definition) is 1. The predicted molar refractivity (Wildman–Crippen MR) is 78.3 cm³/mol. The molecule has 0 bridgehead atoms. The lowest BCUT2D eigenvalue weighted by molar-refractivity contribution is 0.0508. The molecule has 0 fully saturated rings. The van der Waals surface area contributed by atoms with Gasteiger partial charge >= 0.3 is 6.09 Å². The molecule has 0 aliphatic carbocycles. The summed E-state index contributed by atoms with van der Waals surface area (Å²) in [5.74, 6) is 0.517. The standard InChI is InChI=1S/C16H25NO2/c1-11(2)13-7-9-14(10-8-13)12(3)17-15(18)19-16(4,5)6/h7-12H,1-6H3,(H,17,18). The van der Waals surface area contributed by atoms with E-state index in [9.17, 15) is 4.79 Å². The molecule has 3 heteroatoms. The Kier molecular flexibility index (Phi) is 4.98. The minimum Gasteiger partial charge on any atom is -0.444 e. The van der Waals surface area contributed by atoms with E-state index in [1.165, 1.54) is 5.56 Å². The molecule has 1 amide bonds. The van der Waals surface area contributed by atoms with Crippen molar-refractivity contribution in [3.05, 3.63) is 35.4 Å². The van der Waals surface area contributed by atoms with Crippen molar-refractivity contribution >= 4 is 6.09 Å². The Labute approximate surface area is 116 Å². The molecule has 0 saturated heterocycles. The molecule has 0 aromatic heterocycles. The maximum Gasteiger partial charge on any atom is 0.408 e. The Hall–Kier alpha value is -1.51. The molecule has 19 heavy (non-hydrogen) atoms. The Balaban J connectivity index is 2.63. The van der Waals surface area contributed by atoms with Gasteiger partial charge in [0.05, 0.1) is 6.04 Å². The molecule has 106 valence electrons. The van der Waals surface area contributed by atoms with Crippen molar-refractivity contribution in [2.45, 2.75) is 59.1 Å². The molecule has 1 rings (SSSR count).